The summed E-state index contributed by atoms with van der Waals surface area (Å²) in [6.45, 7) is 2.12. The molecule has 1 unspecified atom stereocenters. The van der Waals surface area contributed by atoms with Crippen molar-refractivity contribution in [3.05, 3.63) is 22.9 Å². The van der Waals surface area contributed by atoms with E-state index in [1.54, 1.807) is 6.20 Å². The van der Waals surface area contributed by atoms with E-state index in [1.807, 2.05) is 12.3 Å². The minimum absolute atomic E-state index is 0.0426. The number of thiazole rings is 1. The molecule has 7 nitrogen and oxygen atoms in total. The topological polar surface area (TPSA) is 85.6 Å². The number of nitrogens with zero attached hydrogens (tertiary/aromatic N) is 5. The minimum Gasteiger partial charge on any atom is -0.345 e. The first kappa shape index (κ1) is 11.6. The van der Waals surface area contributed by atoms with Crippen molar-refractivity contribution in [2.45, 2.75) is 25.9 Å². The van der Waals surface area contributed by atoms with Crippen molar-refractivity contribution >= 4 is 17.2 Å². The summed E-state index contributed by atoms with van der Waals surface area (Å²) < 4.78 is 1.38. The maximum absolute atomic E-state index is 11.7. The summed E-state index contributed by atoms with van der Waals surface area (Å²) in [7, 11) is 0. The second-order valence-corrected chi connectivity index (χ2v) is 4.33. The second kappa shape index (κ2) is 5.48. The summed E-state index contributed by atoms with van der Waals surface area (Å²) in [5, 5.41) is 16.3. The van der Waals surface area contributed by atoms with E-state index in [1.165, 1.54) is 22.3 Å². The molecule has 1 atom stereocenters. The summed E-state index contributed by atoms with van der Waals surface area (Å²) in [4.78, 5) is 15.9. The highest BCUT2D eigenvalue weighted by atomic mass is 32.1. The molecule has 0 aliphatic heterocycles. The van der Waals surface area contributed by atoms with Crippen LogP contribution in [0.2, 0.25) is 0 Å². The Balaban J connectivity index is 1.93. The molecule has 1 N–H and O–H groups in total. The van der Waals surface area contributed by atoms with Gasteiger partial charge in [0.1, 0.15) is 17.9 Å². The lowest BCUT2D eigenvalue weighted by Crippen LogP contribution is -2.31. The predicted octanol–water partition coefficient (Wildman–Crippen LogP) is 0.397. The van der Waals surface area contributed by atoms with Crippen molar-refractivity contribution < 1.29 is 4.79 Å². The molecule has 0 saturated carbocycles. The Kier molecular flexibility index (Phi) is 3.76. The lowest BCUT2D eigenvalue weighted by atomic mass is 10.2. The van der Waals surface area contributed by atoms with Gasteiger partial charge in [0.05, 0.1) is 6.04 Å². The smallest absolute Gasteiger partial charge is 0.242 e. The SMILES string of the molecule is CCC(NC(=O)Cn1cnnn1)c1nccs1. The third-order valence-corrected chi connectivity index (χ3v) is 3.08. The normalized spacial score (nSPS) is 12.3. The molecule has 8 heteroatoms. The summed E-state index contributed by atoms with van der Waals surface area (Å²) in [5.74, 6) is -0.126. The van der Waals surface area contributed by atoms with Crippen molar-refractivity contribution in [1.29, 1.82) is 0 Å². The molecule has 2 heterocycles. The Bertz CT molecular complexity index is 454. The molecule has 1 amide bonds. The first-order valence-corrected chi connectivity index (χ1v) is 6.07. The molecule has 0 spiro atoms. The van der Waals surface area contributed by atoms with Crippen LogP contribution in [0, 0.1) is 0 Å². The van der Waals surface area contributed by atoms with Gasteiger partial charge in [-0.25, -0.2) is 9.67 Å². The lowest BCUT2D eigenvalue weighted by molar-refractivity contribution is -0.122. The van der Waals surface area contributed by atoms with Gasteiger partial charge in [0.2, 0.25) is 5.91 Å². The van der Waals surface area contributed by atoms with E-state index in [-0.39, 0.29) is 18.5 Å². The second-order valence-electron chi connectivity index (χ2n) is 3.41. The molecule has 2 rings (SSSR count). The van der Waals surface area contributed by atoms with Crippen molar-refractivity contribution in [2.24, 2.45) is 0 Å². The zero-order chi connectivity index (χ0) is 12.1. The van der Waals surface area contributed by atoms with Crippen LogP contribution in [-0.4, -0.2) is 31.1 Å². The minimum atomic E-state index is -0.126. The molecule has 0 fully saturated rings. The Labute approximate surface area is 102 Å². The van der Waals surface area contributed by atoms with Gasteiger partial charge in [0.15, 0.2) is 0 Å². The molecule has 2 aromatic rings. The first-order valence-electron chi connectivity index (χ1n) is 5.19. The number of aromatic nitrogens is 5. The molecule has 0 aromatic carbocycles. The number of carbonyl (C=O) groups is 1. The number of hydrogen-bond donors (Lipinski definition) is 1. The molecule has 17 heavy (non-hydrogen) atoms. The predicted molar refractivity (Wildman–Crippen MR) is 61.1 cm³/mol. The molecule has 0 aliphatic rings. The van der Waals surface area contributed by atoms with Crippen molar-refractivity contribution in [2.75, 3.05) is 0 Å². The van der Waals surface area contributed by atoms with Crippen LogP contribution in [-0.2, 0) is 11.3 Å². The Hall–Kier alpha value is -1.83. The van der Waals surface area contributed by atoms with Gasteiger partial charge < -0.3 is 5.32 Å². The fraction of sp³-hybridized carbons (Fsp3) is 0.444. The Morgan fingerprint density at radius 2 is 2.53 bits per heavy atom. The fourth-order valence-corrected chi connectivity index (χ4v) is 2.16. The van der Waals surface area contributed by atoms with Gasteiger partial charge in [-0.3, -0.25) is 4.79 Å². The molecular weight excluding hydrogens is 240 g/mol. The van der Waals surface area contributed by atoms with Gasteiger partial charge in [0, 0.05) is 11.6 Å². The van der Waals surface area contributed by atoms with Crippen molar-refractivity contribution in [3.63, 3.8) is 0 Å². The third kappa shape index (κ3) is 3.06. The first-order chi connectivity index (χ1) is 8.29. The zero-order valence-corrected chi connectivity index (χ0v) is 10.1. The number of tetrazole rings is 1. The van der Waals surface area contributed by atoms with Crippen LogP contribution in [0.4, 0.5) is 0 Å². The number of amides is 1. The maximum Gasteiger partial charge on any atom is 0.242 e. The Morgan fingerprint density at radius 3 is 3.12 bits per heavy atom. The van der Waals surface area contributed by atoms with E-state index >= 15 is 0 Å². The fourth-order valence-electron chi connectivity index (χ4n) is 1.38. The van der Waals surface area contributed by atoms with Crippen LogP contribution in [0.5, 0.6) is 0 Å². The molecule has 90 valence electrons. The van der Waals surface area contributed by atoms with E-state index in [0.29, 0.717) is 0 Å². The average molecular weight is 252 g/mol. The quantitative estimate of drug-likeness (QED) is 0.832. The number of carbonyl (C=O) groups excluding carboxylic acids is 1. The molecule has 0 radical (unpaired) electrons. The summed E-state index contributed by atoms with van der Waals surface area (Å²) in [5.41, 5.74) is 0. The largest absolute Gasteiger partial charge is 0.345 e. The van der Waals surface area contributed by atoms with Gasteiger partial charge in [-0.15, -0.1) is 16.4 Å². The van der Waals surface area contributed by atoms with Crippen molar-refractivity contribution in [1.82, 2.24) is 30.5 Å². The van der Waals surface area contributed by atoms with E-state index in [2.05, 4.69) is 25.8 Å². The van der Waals surface area contributed by atoms with Crippen LogP contribution in [0.3, 0.4) is 0 Å². The van der Waals surface area contributed by atoms with E-state index in [4.69, 9.17) is 0 Å². The summed E-state index contributed by atoms with van der Waals surface area (Å²) >= 11 is 1.53. The summed E-state index contributed by atoms with van der Waals surface area (Å²) in [6, 6.07) is -0.0426. The van der Waals surface area contributed by atoms with Gasteiger partial charge in [0.25, 0.3) is 0 Å². The van der Waals surface area contributed by atoms with Gasteiger partial charge in [-0.1, -0.05) is 6.92 Å². The van der Waals surface area contributed by atoms with Gasteiger partial charge in [-0.2, -0.15) is 0 Å². The highest BCUT2D eigenvalue weighted by Crippen LogP contribution is 2.18. The molecule has 0 saturated heterocycles. The van der Waals surface area contributed by atoms with Crippen LogP contribution in [0.15, 0.2) is 17.9 Å². The number of hydrogen-bond acceptors (Lipinski definition) is 6. The highest BCUT2D eigenvalue weighted by Gasteiger charge is 2.15. The monoisotopic (exact) mass is 252 g/mol. The zero-order valence-electron chi connectivity index (χ0n) is 9.28. The molecule has 2 aromatic heterocycles. The van der Waals surface area contributed by atoms with Crippen LogP contribution in [0.1, 0.15) is 24.4 Å². The maximum atomic E-state index is 11.7. The van der Waals surface area contributed by atoms with Crippen molar-refractivity contribution in [3.8, 4) is 0 Å². The molecular formula is C9H12N6OS. The summed E-state index contributed by atoms with van der Waals surface area (Å²) in [6.07, 6.45) is 3.94. The van der Waals surface area contributed by atoms with Crippen LogP contribution in [0.25, 0.3) is 0 Å². The lowest BCUT2D eigenvalue weighted by Gasteiger charge is -2.13. The third-order valence-electron chi connectivity index (χ3n) is 2.19. The number of rotatable bonds is 5. The molecule has 0 aliphatic carbocycles. The van der Waals surface area contributed by atoms with Crippen LogP contribution >= 0.6 is 11.3 Å². The van der Waals surface area contributed by atoms with E-state index in [9.17, 15) is 4.79 Å². The molecule has 0 bridgehead atoms. The van der Waals surface area contributed by atoms with Gasteiger partial charge in [-0.05, 0) is 16.8 Å². The average Bonchev–Trinajstić information content (AvgIpc) is 2.97. The van der Waals surface area contributed by atoms with Gasteiger partial charge >= 0.3 is 0 Å². The standard InChI is InChI=1S/C9H12N6OS/c1-2-7(9-10-3-4-17-9)12-8(16)5-15-6-11-13-14-15/h3-4,6-7H,2,5H2,1H3,(H,12,16). The highest BCUT2D eigenvalue weighted by molar-refractivity contribution is 7.09. The van der Waals surface area contributed by atoms with E-state index in [0.717, 1.165) is 11.4 Å². The Morgan fingerprint density at radius 1 is 1.65 bits per heavy atom. The van der Waals surface area contributed by atoms with Crippen LogP contribution < -0.4 is 5.32 Å². The van der Waals surface area contributed by atoms with E-state index < -0.39 is 0 Å². The number of nitrogens with one attached hydrogen (secondary N) is 1.